The second-order valence-corrected chi connectivity index (χ2v) is 2.46. The van der Waals surface area contributed by atoms with Gasteiger partial charge in [-0.3, -0.25) is 0 Å². The van der Waals surface area contributed by atoms with Gasteiger partial charge in [0.15, 0.2) is 0 Å². The summed E-state index contributed by atoms with van der Waals surface area (Å²) in [6.45, 7) is 0. The van der Waals surface area contributed by atoms with Crippen LogP contribution in [0.1, 0.15) is 0 Å². The Morgan fingerprint density at radius 3 is 2.45 bits per heavy atom. The summed E-state index contributed by atoms with van der Waals surface area (Å²) in [5.74, 6) is 1.44. The Hall–Kier alpha value is -0.960. The zero-order chi connectivity index (χ0) is 8.27. The van der Waals surface area contributed by atoms with Crippen LogP contribution < -0.4 is 9.47 Å². The van der Waals surface area contributed by atoms with E-state index < -0.39 is 0 Å². The molecule has 0 saturated heterocycles. The van der Waals surface area contributed by atoms with Crippen LogP contribution in [0.4, 0.5) is 0 Å². The smallest absolute Gasteiger partial charge is 0.140 e. The van der Waals surface area contributed by atoms with Crippen molar-refractivity contribution in [2.24, 2.45) is 0 Å². The predicted octanol–water partition coefficient (Wildman–Crippen LogP) is 2.26. The van der Waals surface area contributed by atoms with Gasteiger partial charge < -0.3 is 9.47 Å². The molecule has 1 radical (unpaired) electrons. The highest BCUT2D eigenvalue weighted by molar-refractivity contribution is 7.80. The average molecular weight is 169 g/mol. The fourth-order valence-electron chi connectivity index (χ4n) is 0.775. The minimum atomic E-state index is 0.680. The minimum Gasteiger partial charge on any atom is -0.497 e. The molecule has 2 nitrogen and oxygen atoms in total. The van der Waals surface area contributed by atoms with Crippen molar-refractivity contribution >= 4 is 12.6 Å². The standard InChI is InChI=1S/C8H9O2S/c1-9-6-3-4-8(11)7(5-6)10-2/h3-5H,1-2H3. The highest BCUT2D eigenvalue weighted by atomic mass is 32.1. The predicted molar refractivity (Wildman–Crippen MR) is 45.4 cm³/mol. The molecule has 59 valence electrons. The van der Waals surface area contributed by atoms with E-state index in [1.807, 2.05) is 6.07 Å². The monoisotopic (exact) mass is 169 g/mol. The molecule has 0 aliphatic heterocycles. The SMILES string of the molecule is COc1ccc([S])c(OC)c1. The van der Waals surface area contributed by atoms with Gasteiger partial charge in [0.2, 0.25) is 0 Å². The number of hydrogen-bond donors (Lipinski definition) is 0. The van der Waals surface area contributed by atoms with Crippen molar-refractivity contribution in [3.8, 4) is 11.5 Å². The van der Waals surface area contributed by atoms with Gasteiger partial charge in [-0.1, -0.05) is 12.6 Å². The van der Waals surface area contributed by atoms with Crippen LogP contribution in [0.15, 0.2) is 23.1 Å². The van der Waals surface area contributed by atoms with E-state index in [1.165, 1.54) is 0 Å². The van der Waals surface area contributed by atoms with E-state index in [2.05, 4.69) is 0 Å². The van der Waals surface area contributed by atoms with E-state index in [1.54, 1.807) is 26.4 Å². The Bertz CT molecular complexity index is 248. The van der Waals surface area contributed by atoms with Crippen LogP contribution in [0, 0.1) is 0 Å². The molecule has 0 fully saturated rings. The molecule has 0 saturated carbocycles. The van der Waals surface area contributed by atoms with Crippen molar-refractivity contribution in [3.63, 3.8) is 0 Å². The third-order valence-electron chi connectivity index (χ3n) is 1.37. The van der Waals surface area contributed by atoms with Crippen LogP contribution in [0.2, 0.25) is 0 Å². The second-order valence-electron chi connectivity index (χ2n) is 2.02. The second kappa shape index (κ2) is 3.44. The van der Waals surface area contributed by atoms with Gasteiger partial charge in [-0.2, -0.15) is 0 Å². The highest BCUT2D eigenvalue weighted by Gasteiger charge is 2.00. The maximum atomic E-state index is 5.00. The van der Waals surface area contributed by atoms with Crippen LogP contribution in [-0.2, 0) is 0 Å². The maximum Gasteiger partial charge on any atom is 0.140 e. The molecular formula is C8H9O2S. The fraction of sp³-hybridized carbons (Fsp3) is 0.250. The molecule has 1 aromatic rings. The number of benzene rings is 1. The Balaban J connectivity index is 3.02. The first-order chi connectivity index (χ1) is 5.27. The minimum absolute atomic E-state index is 0.680. The number of hydrogen-bond acceptors (Lipinski definition) is 2. The summed E-state index contributed by atoms with van der Waals surface area (Å²) in [6.07, 6.45) is 0. The van der Waals surface area contributed by atoms with Crippen LogP contribution in [0.25, 0.3) is 0 Å². The maximum absolute atomic E-state index is 5.00. The Morgan fingerprint density at radius 1 is 1.18 bits per heavy atom. The van der Waals surface area contributed by atoms with Crippen LogP contribution in [0.5, 0.6) is 11.5 Å². The van der Waals surface area contributed by atoms with Crippen molar-refractivity contribution in [2.45, 2.75) is 4.90 Å². The molecule has 0 aliphatic rings. The summed E-state index contributed by atoms with van der Waals surface area (Å²) >= 11 is 4.98. The first kappa shape index (κ1) is 8.14. The Labute approximate surface area is 71.5 Å². The molecule has 0 spiro atoms. The molecular weight excluding hydrogens is 160 g/mol. The van der Waals surface area contributed by atoms with Gasteiger partial charge in [-0.15, -0.1) is 0 Å². The first-order valence-electron chi connectivity index (χ1n) is 3.17. The van der Waals surface area contributed by atoms with E-state index in [4.69, 9.17) is 22.1 Å². The lowest BCUT2D eigenvalue weighted by Crippen LogP contribution is -1.87. The molecule has 11 heavy (non-hydrogen) atoms. The molecule has 0 heterocycles. The molecule has 0 atom stereocenters. The molecule has 0 unspecified atom stereocenters. The van der Waals surface area contributed by atoms with Crippen molar-refractivity contribution in [1.29, 1.82) is 0 Å². The van der Waals surface area contributed by atoms with Gasteiger partial charge >= 0.3 is 0 Å². The molecule has 1 aromatic carbocycles. The third kappa shape index (κ3) is 1.74. The summed E-state index contributed by atoms with van der Waals surface area (Å²) < 4.78 is 9.99. The zero-order valence-electron chi connectivity index (χ0n) is 6.46. The average Bonchev–Trinajstić information content (AvgIpc) is 2.05. The molecule has 3 heteroatoms. The van der Waals surface area contributed by atoms with Gasteiger partial charge in [0, 0.05) is 6.07 Å². The summed E-state index contributed by atoms with van der Waals surface area (Å²) in [4.78, 5) is 0.702. The fourth-order valence-corrected chi connectivity index (χ4v) is 0.985. The van der Waals surface area contributed by atoms with Crippen molar-refractivity contribution in [2.75, 3.05) is 14.2 Å². The lowest BCUT2D eigenvalue weighted by Gasteiger charge is -2.04. The first-order valence-corrected chi connectivity index (χ1v) is 3.58. The molecule has 0 bridgehead atoms. The van der Waals surface area contributed by atoms with E-state index >= 15 is 0 Å². The van der Waals surface area contributed by atoms with Gasteiger partial charge in [0.1, 0.15) is 11.5 Å². The summed E-state index contributed by atoms with van der Waals surface area (Å²) in [5, 5.41) is 0. The van der Waals surface area contributed by atoms with Crippen molar-refractivity contribution in [1.82, 2.24) is 0 Å². The summed E-state index contributed by atoms with van der Waals surface area (Å²) in [5.41, 5.74) is 0. The van der Waals surface area contributed by atoms with Gasteiger partial charge in [0.05, 0.1) is 19.1 Å². The third-order valence-corrected chi connectivity index (χ3v) is 1.71. The molecule has 0 N–H and O–H groups in total. The van der Waals surface area contributed by atoms with E-state index in [0.717, 1.165) is 5.75 Å². The molecule has 0 aromatic heterocycles. The topological polar surface area (TPSA) is 18.5 Å². The summed E-state index contributed by atoms with van der Waals surface area (Å²) in [7, 11) is 3.20. The van der Waals surface area contributed by atoms with Crippen LogP contribution in [-0.4, -0.2) is 14.2 Å². The number of methoxy groups -OCH3 is 2. The van der Waals surface area contributed by atoms with E-state index in [0.29, 0.717) is 10.6 Å². The highest BCUT2D eigenvalue weighted by Crippen LogP contribution is 2.26. The quantitative estimate of drug-likeness (QED) is 0.676. The van der Waals surface area contributed by atoms with Crippen LogP contribution >= 0.6 is 12.6 Å². The largest absolute Gasteiger partial charge is 0.497 e. The molecule has 1 rings (SSSR count). The van der Waals surface area contributed by atoms with Gasteiger partial charge in [0.25, 0.3) is 0 Å². The molecule has 0 aliphatic carbocycles. The normalized spacial score (nSPS) is 9.27. The van der Waals surface area contributed by atoms with Crippen molar-refractivity contribution < 1.29 is 9.47 Å². The number of rotatable bonds is 2. The van der Waals surface area contributed by atoms with Gasteiger partial charge in [-0.25, -0.2) is 0 Å². The zero-order valence-corrected chi connectivity index (χ0v) is 7.27. The Morgan fingerprint density at radius 2 is 1.91 bits per heavy atom. The summed E-state index contributed by atoms with van der Waals surface area (Å²) in [6, 6.07) is 5.36. The van der Waals surface area contributed by atoms with Crippen LogP contribution in [0.3, 0.4) is 0 Å². The van der Waals surface area contributed by atoms with Crippen molar-refractivity contribution in [3.05, 3.63) is 18.2 Å². The lowest BCUT2D eigenvalue weighted by molar-refractivity contribution is 0.387. The van der Waals surface area contributed by atoms with E-state index in [9.17, 15) is 0 Å². The Kier molecular flexibility index (Phi) is 2.54. The molecule has 0 amide bonds. The number of ether oxygens (including phenoxy) is 2. The van der Waals surface area contributed by atoms with Gasteiger partial charge in [-0.05, 0) is 12.1 Å². The van der Waals surface area contributed by atoms with E-state index in [-0.39, 0.29) is 0 Å². The lowest BCUT2D eigenvalue weighted by atomic mass is 10.3.